The number of alkyl halides is 3. The van der Waals surface area contributed by atoms with E-state index in [0.717, 1.165) is 41.1 Å². The second kappa shape index (κ2) is 9.90. The number of aliphatic carboxylic acids is 1. The number of carbonyl (C=O) groups is 1. The average Bonchev–Trinajstić information content (AvgIpc) is 3.29. The Morgan fingerprint density at radius 2 is 1.97 bits per heavy atom. The molecule has 1 saturated carbocycles. The van der Waals surface area contributed by atoms with E-state index in [2.05, 4.69) is 20.3 Å². The quantitative estimate of drug-likeness (QED) is 0.365. The van der Waals surface area contributed by atoms with Crippen LogP contribution in [0, 0.1) is 12.8 Å². The van der Waals surface area contributed by atoms with Crippen LogP contribution in [0.5, 0.6) is 0 Å². The second-order valence-electron chi connectivity index (χ2n) is 8.91. The van der Waals surface area contributed by atoms with Crippen molar-refractivity contribution in [1.29, 1.82) is 0 Å². The monoisotopic (exact) mass is 506 g/mol. The first-order valence-corrected chi connectivity index (χ1v) is 12.0. The van der Waals surface area contributed by atoms with Crippen LogP contribution in [0.1, 0.15) is 54.8 Å². The molecule has 0 amide bonds. The Kier molecular flexibility index (Phi) is 7.09. The fourth-order valence-electron chi connectivity index (χ4n) is 4.31. The number of rotatable bonds is 7. The van der Waals surface area contributed by atoms with Gasteiger partial charge in [0.25, 0.3) is 0 Å². The van der Waals surface area contributed by atoms with Gasteiger partial charge in [-0.05, 0) is 74.3 Å². The summed E-state index contributed by atoms with van der Waals surface area (Å²) in [7, 11) is 0. The summed E-state index contributed by atoms with van der Waals surface area (Å²) < 4.78 is 38.9. The summed E-state index contributed by atoms with van der Waals surface area (Å²) in [6.45, 7) is 1.87. The molecule has 1 fully saturated rings. The van der Waals surface area contributed by atoms with Crippen LogP contribution in [0.4, 0.5) is 24.8 Å². The van der Waals surface area contributed by atoms with E-state index >= 15 is 0 Å². The van der Waals surface area contributed by atoms with Crippen LogP contribution in [-0.4, -0.2) is 31.1 Å². The molecule has 35 heavy (non-hydrogen) atoms. The summed E-state index contributed by atoms with van der Waals surface area (Å²) in [5, 5.41) is 23.5. The van der Waals surface area contributed by atoms with Crippen LogP contribution >= 0.6 is 11.3 Å². The number of hydrogen-bond acceptors (Lipinski definition) is 7. The van der Waals surface area contributed by atoms with E-state index in [1.54, 1.807) is 18.3 Å². The molecule has 3 N–H and O–H groups in total. The smallest absolute Gasteiger partial charge is 0.433 e. The number of carboxylic acids is 1. The van der Waals surface area contributed by atoms with Crippen molar-refractivity contribution in [2.24, 2.45) is 5.92 Å². The highest BCUT2D eigenvalue weighted by Gasteiger charge is 2.37. The Bertz CT molecular complexity index is 1210. The summed E-state index contributed by atoms with van der Waals surface area (Å²) in [4.78, 5) is 23.5. The molecule has 0 bridgehead atoms. The van der Waals surface area contributed by atoms with Crippen LogP contribution in [0.3, 0.4) is 0 Å². The lowest BCUT2D eigenvalue weighted by Gasteiger charge is -2.34. The Balaban J connectivity index is 1.49. The number of aryl methyl sites for hydroxylation is 1. The SMILES string of the molecule is Cc1cc(Nc2nccc(C(F)(F)F)n2)cc(-c2cnc(C3(O)CCC(CCC(=O)O)CC3)s2)c1. The van der Waals surface area contributed by atoms with Gasteiger partial charge in [-0.25, -0.2) is 15.0 Å². The van der Waals surface area contributed by atoms with Gasteiger partial charge in [0.1, 0.15) is 16.3 Å². The minimum Gasteiger partial charge on any atom is -0.481 e. The molecular formula is C24H25F3N4O3S. The average molecular weight is 507 g/mol. The van der Waals surface area contributed by atoms with Gasteiger partial charge in [0, 0.05) is 24.5 Å². The van der Waals surface area contributed by atoms with E-state index < -0.39 is 23.4 Å². The van der Waals surface area contributed by atoms with Crippen molar-refractivity contribution in [3.8, 4) is 10.4 Å². The molecule has 2 heterocycles. The lowest BCUT2D eigenvalue weighted by molar-refractivity contribution is -0.141. The van der Waals surface area contributed by atoms with Gasteiger partial charge in [0.05, 0.1) is 4.88 Å². The molecular weight excluding hydrogens is 481 g/mol. The molecule has 0 radical (unpaired) electrons. The number of aromatic nitrogens is 3. The fourth-order valence-corrected chi connectivity index (χ4v) is 5.36. The van der Waals surface area contributed by atoms with E-state index in [4.69, 9.17) is 5.11 Å². The summed E-state index contributed by atoms with van der Waals surface area (Å²) in [6.07, 6.45) is 1.47. The Morgan fingerprint density at radius 1 is 1.23 bits per heavy atom. The van der Waals surface area contributed by atoms with Crippen molar-refractivity contribution in [3.05, 3.63) is 52.9 Å². The number of carboxylic acid groups (broad SMARTS) is 1. The molecule has 7 nitrogen and oxygen atoms in total. The maximum atomic E-state index is 13.0. The van der Waals surface area contributed by atoms with Crippen molar-refractivity contribution in [2.75, 3.05) is 5.32 Å². The van der Waals surface area contributed by atoms with Gasteiger partial charge in [-0.1, -0.05) is 6.07 Å². The van der Waals surface area contributed by atoms with E-state index in [0.29, 0.717) is 30.0 Å². The van der Waals surface area contributed by atoms with Crippen LogP contribution < -0.4 is 5.32 Å². The Labute approximate surface area is 204 Å². The molecule has 0 unspecified atom stereocenters. The van der Waals surface area contributed by atoms with Gasteiger partial charge in [-0.2, -0.15) is 13.2 Å². The molecule has 11 heteroatoms. The highest BCUT2D eigenvalue weighted by atomic mass is 32.1. The zero-order valence-electron chi connectivity index (χ0n) is 19.0. The van der Waals surface area contributed by atoms with E-state index in [9.17, 15) is 23.1 Å². The number of hydrogen-bond donors (Lipinski definition) is 3. The lowest BCUT2D eigenvalue weighted by atomic mass is 9.77. The number of benzene rings is 1. The largest absolute Gasteiger partial charge is 0.481 e. The van der Waals surface area contributed by atoms with Crippen molar-refractivity contribution in [2.45, 2.75) is 57.2 Å². The number of aliphatic hydroxyl groups is 1. The molecule has 0 spiro atoms. The first-order chi connectivity index (χ1) is 16.5. The number of nitrogens with one attached hydrogen (secondary N) is 1. The third-order valence-electron chi connectivity index (χ3n) is 6.17. The third kappa shape index (κ3) is 6.15. The molecule has 2 aromatic heterocycles. The second-order valence-corrected chi connectivity index (χ2v) is 9.94. The zero-order valence-corrected chi connectivity index (χ0v) is 19.8. The predicted molar refractivity (Wildman–Crippen MR) is 125 cm³/mol. The fraction of sp³-hybridized carbons (Fsp3) is 0.417. The molecule has 4 rings (SSSR count). The lowest BCUT2D eigenvalue weighted by Crippen LogP contribution is -2.31. The van der Waals surface area contributed by atoms with Crippen LogP contribution in [0.2, 0.25) is 0 Å². The standard InChI is InChI=1S/C24H25F3N4O3S/c1-14-10-16(12-17(11-14)30-22-28-9-6-19(31-22)24(25,26)27)18-13-29-21(35-18)23(34)7-4-15(5-8-23)2-3-20(32)33/h6,9-13,15,34H,2-5,7-8H2,1H3,(H,32,33)(H,28,30,31). The van der Waals surface area contributed by atoms with Crippen LogP contribution in [0.25, 0.3) is 10.4 Å². The minimum absolute atomic E-state index is 0.139. The van der Waals surface area contributed by atoms with Crippen molar-refractivity contribution in [1.82, 2.24) is 15.0 Å². The van der Waals surface area contributed by atoms with E-state index in [1.165, 1.54) is 11.3 Å². The first-order valence-electron chi connectivity index (χ1n) is 11.2. The number of anilines is 2. The molecule has 186 valence electrons. The van der Waals surface area contributed by atoms with E-state index in [1.807, 2.05) is 13.0 Å². The van der Waals surface area contributed by atoms with Crippen molar-refractivity contribution >= 4 is 28.9 Å². The number of halogens is 3. The van der Waals surface area contributed by atoms with Gasteiger partial charge < -0.3 is 15.5 Å². The molecule has 3 aromatic rings. The molecule has 0 atom stereocenters. The maximum Gasteiger partial charge on any atom is 0.433 e. The maximum absolute atomic E-state index is 13.0. The summed E-state index contributed by atoms with van der Waals surface area (Å²) >= 11 is 1.38. The molecule has 1 aliphatic rings. The topological polar surface area (TPSA) is 108 Å². The van der Waals surface area contributed by atoms with Crippen LogP contribution in [-0.2, 0) is 16.6 Å². The van der Waals surface area contributed by atoms with Gasteiger partial charge in [0.15, 0.2) is 0 Å². The number of nitrogens with zero attached hydrogens (tertiary/aromatic N) is 3. The van der Waals surface area contributed by atoms with Crippen molar-refractivity contribution < 1.29 is 28.2 Å². The minimum atomic E-state index is -4.56. The molecule has 0 saturated heterocycles. The predicted octanol–water partition coefficient (Wildman–Crippen LogP) is 5.91. The Hall–Kier alpha value is -3.05. The van der Waals surface area contributed by atoms with Gasteiger partial charge in [-0.3, -0.25) is 4.79 Å². The highest BCUT2D eigenvalue weighted by Crippen LogP contribution is 2.44. The van der Waals surface area contributed by atoms with Gasteiger partial charge >= 0.3 is 12.1 Å². The highest BCUT2D eigenvalue weighted by molar-refractivity contribution is 7.15. The van der Waals surface area contributed by atoms with Crippen molar-refractivity contribution in [3.63, 3.8) is 0 Å². The zero-order chi connectivity index (χ0) is 25.2. The Morgan fingerprint density at radius 3 is 2.66 bits per heavy atom. The third-order valence-corrected chi connectivity index (χ3v) is 7.41. The van der Waals surface area contributed by atoms with Gasteiger partial charge in [-0.15, -0.1) is 11.3 Å². The summed E-state index contributed by atoms with van der Waals surface area (Å²) in [6, 6.07) is 6.31. The summed E-state index contributed by atoms with van der Waals surface area (Å²) in [5.41, 5.74) is 0.152. The number of thiazole rings is 1. The first kappa shape index (κ1) is 25.1. The molecule has 0 aliphatic heterocycles. The van der Waals surface area contributed by atoms with Gasteiger partial charge in [0.2, 0.25) is 5.95 Å². The van der Waals surface area contributed by atoms with E-state index in [-0.39, 0.29) is 18.3 Å². The normalized spacial score (nSPS) is 20.5. The van der Waals surface area contributed by atoms with Crippen LogP contribution in [0.15, 0.2) is 36.7 Å². The molecule has 1 aromatic carbocycles. The molecule has 1 aliphatic carbocycles. The summed E-state index contributed by atoms with van der Waals surface area (Å²) in [5.74, 6) is -0.674.